The summed E-state index contributed by atoms with van der Waals surface area (Å²) in [5.41, 5.74) is 0. The summed E-state index contributed by atoms with van der Waals surface area (Å²) in [5, 5.41) is 0. The Kier molecular flexibility index (Phi) is 4.98. The quantitative estimate of drug-likeness (QED) is 0.602. The van der Waals surface area contributed by atoms with E-state index < -0.39 is 0 Å². The molecule has 1 rings (SSSR count). The van der Waals surface area contributed by atoms with E-state index in [1.807, 2.05) is 5.92 Å². The third kappa shape index (κ3) is 2.74. The highest BCUT2D eigenvalue weighted by Crippen LogP contribution is 2.42. The lowest BCUT2D eigenvalue weighted by molar-refractivity contribution is 0.246. The molecular weight excluding hydrogens is 168 g/mol. The first kappa shape index (κ1) is 12.1. The molecule has 0 heterocycles. The van der Waals surface area contributed by atoms with Gasteiger partial charge in [0.25, 0.3) is 0 Å². The Bertz CT molecular complexity index is 132. The van der Waals surface area contributed by atoms with Crippen LogP contribution in [-0.4, -0.2) is 0 Å². The van der Waals surface area contributed by atoms with Crippen molar-refractivity contribution in [2.75, 3.05) is 0 Å². The molecule has 1 aliphatic carbocycles. The molecule has 0 spiro atoms. The van der Waals surface area contributed by atoms with Crippen molar-refractivity contribution in [2.45, 2.75) is 66.2 Å². The second kappa shape index (κ2) is 5.78. The van der Waals surface area contributed by atoms with Crippen LogP contribution in [0, 0.1) is 23.7 Å². The third-order valence-electron chi connectivity index (χ3n) is 4.28. The first-order valence-electron chi connectivity index (χ1n) is 6.56. The van der Waals surface area contributed by atoms with Crippen molar-refractivity contribution >= 4 is 0 Å². The first-order valence-corrected chi connectivity index (χ1v) is 6.56. The van der Waals surface area contributed by atoms with Crippen molar-refractivity contribution in [1.29, 1.82) is 0 Å². The molecule has 0 N–H and O–H groups in total. The molecular formula is C14H27. The lowest BCUT2D eigenvalue weighted by atomic mass is 9.67. The number of rotatable bonds is 4. The standard InChI is InChI=1S/C14H27/c1-5-11(3)13-9-7-8-10-14(13)12(4)6-2/h11-13H,5-10H2,1-4H3. The molecule has 0 aromatic carbocycles. The fraction of sp³-hybridized carbons (Fsp3) is 0.929. The summed E-state index contributed by atoms with van der Waals surface area (Å²) in [5.74, 6) is 4.63. The Morgan fingerprint density at radius 3 is 2.43 bits per heavy atom. The van der Waals surface area contributed by atoms with Gasteiger partial charge in [0.2, 0.25) is 0 Å². The molecule has 0 amide bonds. The van der Waals surface area contributed by atoms with Crippen molar-refractivity contribution in [3.05, 3.63) is 5.92 Å². The Morgan fingerprint density at radius 1 is 1.14 bits per heavy atom. The van der Waals surface area contributed by atoms with Gasteiger partial charge in [0.15, 0.2) is 0 Å². The van der Waals surface area contributed by atoms with Gasteiger partial charge in [-0.25, -0.2) is 0 Å². The average Bonchev–Trinajstić information content (AvgIpc) is 2.27. The van der Waals surface area contributed by atoms with Crippen LogP contribution in [0.1, 0.15) is 66.2 Å². The zero-order chi connectivity index (χ0) is 10.6. The highest BCUT2D eigenvalue weighted by Gasteiger charge is 2.31. The van der Waals surface area contributed by atoms with Gasteiger partial charge in [0.05, 0.1) is 0 Å². The largest absolute Gasteiger partial charge is 0.0651 e. The van der Waals surface area contributed by atoms with E-state index in [2.05, 4.69) is 27.7 Å². The summed E-state index contributed by atoms with van der Waals surface area (Å²) >= 11 is 0. The second-order valence-electron chi connectivity index (χ2n) is 5.12. The minimum atomic E-state index is 0.870. The number of hydrogen-bond donors (Lipinski definition) is 0. The van der Waals surface area contributed by atoms with E-state index in [9.17, 15) is 0 Å². The van der Waals surface area contributed by atoms with Gasteiger partial charge in [-0.15, -0.1) is 0 Å². The van der Waals surface area contributed by atoms with Gasteiger partial charge in [0.1, 0.15) is 0 Å². The van der Waals surface area contributed by atoms with E-state index in [0.29, 0.717) is 0 Å². The molecule has 0 heteroatoms. The van der Waals surface area contributed by atoms with E-state index >= 15 is 0 Å². The lowest BCUT2D eigenvalue weighted by Gasteiger charge is -2.38. The second-order valence-corrected chi connectivity index (χ2v) is 5.12. The highest BCUT2D eigenvalue weighted by atomic mass is 14.4. The molecule has 1 saturated carbocycles. The van der Waals surface area contributed by atoms with Crippen LogP contribution >= 0.6 is 0 Å². The summed E-state index contributed by atoms with van der Waals surface area (Å²) in [6.45, 7) is 9.54. The van der Waals surface area contributed by atoms with Crippen LogP contribution < -0.4 is 0 Å². The Hall–Kier alpha value is 0. The first-order chi connectivity index (χ1) is 6.70. The molecule has 1 radical (unpaired) electrons. The third-order valence-corrected chi connectivity index (χ3v) is 4.28. The smallest absolute Gasteiger partial charge is 0.0179 e. The molecule has 83 valence electrons. The van der Waals surface area contributed by atoms with Gasteiger partial charge in [0, 0.05) is 0 Å². The van der Waals surface area contributed by atoms with Crippen LogP contribution in [0.15, 0.2) is 0 Å². The summed E-state index contributed by atoms with van der Waals surface area (Å²) in [7, 11) is 0. The van der Waals surface area contributed by atoms with E-state index in [0.717, 1.165) is 17.8 Å². The maximum Gasteiger partial charge on any atom is -0.0179 e. The molecule has 14 heavy (non-hydrogen) atoms. The highest BCUT2D eigenvalue weighted by molar-refractivity contribution is 5.03. The Labute approximate surface area is 90.5 Å². The zero-order valence-electron chi connectivity index (χ0n) is 10.5. The SMILES string of the molecule is CCC(C)[C]1CCCCC1C(C)CC. The summed E-state index contributed by atoms with van der Waals surface area (Å²) in [6.07, 6.45) is 8.49. The van der Waals surface area contributed by atoms with Crippen LogP contribution in [0.3, 0.4) is 0 Å². The Balaban J connectivity index is 2.58. The van der Waals surface area contributed by atoms with Gasteiger partial charge < -0.3 is 0 Å². The van der Waals surface area contributed by atoms with E-state index in [1.54, 1.807) is 0 Å². The molecule has 3 unspecified atom stereocenters. The van der Waals surface area contributed by atoms with E-state index in [1.165, 1.54) is 38.5 Å². The zero-order valence-corrected chi connectivity index (χ0v) is 10.5. The Morgan fingerprint density at radius 2 is 1.86 bits per heavy atom. The monoisotopic (exact) mass is 195 g/mol. The minimum Gasteiger partial charge on any atom is -0.0651 e. The topological polar surface area (TPSA) is 0 Å². The van der Waals surface area contributed by atoms with Crippen LogP contribution in [0.5, 0.6) is 0 Å². The predicted molar refractivity (Wildman–Crippen MR) is 64.1 cm³/mol. The fourth-order valence-electron chi connectivity index (χ4n) is 2.87. The summed E-state index contributed by atoms with van der Waals surface area (Å²) < 4.78 is 0. The van der Waals surface area contributed by atoms with Crippen molar-refractivity contribution in [3.63, 3.8) is 0 Å². The van der Waals surface area contributed by atoms with Gasteiger partial charge in [-0.3, -0.25) is 0 Å². The van der Waals surface area contributed by atoms with Gasteiger partial charge >= 0.3 is 0 Å². The predicted octanol–water partition coefficient (Wildman–Crippen LogP) is 4.84. The molecule has 3 atom stereocenters. The summed E-state index contributed by atoms with van der Waals surface area (Å²) in [4.78, 5) is 0. The molecule has 0 saturated heterocycles. The van der Waals surface area contributed by atoms with Crippen LogP contribution in [0.2, 0.25) is 0 Å². The lowest BCUT2D eigenvalue weighted by Crippen LogP contribution is -2.27. The van der Waals surface area contributed by atoms with Crippen molar-refractivity contribution < 1.29 is 0 Å². The maximum absolute atomic E-state index is 2.44. The molecule has 0 bridgehead atoms. The average molecular weight is 195 g/mol. The van der Waals surface area contributed by atoms with Gasteiger partial charge in [-0.05, 0) is 36.5 Å². The molecule has 0 aromatic heterocycles. The normalized spacial score (nSPS) is 28.7. The van der Waals surface area contributed by atoms with Crippen molar-refractivity contribution in [2.24, 2.45) is 17.8 Å². The molecule has 0 aliphatic heterocycles. The van der Waals surface area contributed by atoms with Crippen LogP contribution in [0.25, 0.3) is 0 Å². The molecule has 0 aromatic rings. The fourth-order valence-corrected chi connectivity index (χ4v) is 2.87. The van der Waals surface area contributed by atoms with Gasteiger partial charge in [-0.2, -0.15) is 0 Å². The maximum atomic E-state index is 2.44. The molecule has 0 nitrogen and oxygen atoms in total. The molecule has 1 aliphatic rings. The van der Waals surface area contributed by atoms with Crippen molar-refractivity contribution in [3.8, 4) is 0 Å². The van der Waals surface area contributed by atoms with Crippen LogP contribution in [0.4, 0.5) is 0 Å². The minimum absolute atomic E-state index is 0.870. The molecule has 1 fully saturated rings. The van der Waals surface area contributed by atoms with E-state index in [-0.39, 0.29) is 0 Å². The van der Waals surface area contributed by atoms with Gasteiger partial charge in [-0.1, -0.05) is 53.4 Å². The van der Waals surface area contributed by atoms with Crippen LogP contribution in [-0.2, 0) is 0 Å². The number of hydrogen-bond acceptors (Lipinski definition) is 0. The van der Waals surface area contributed by atoms with E-state index in [4.69, 9.17) is 0 Å². The summed E-state index contributed by atoms with van der Waals surface area (Å²) in [6, 6.07) is 0. The van der Waals surface area contributed by atoms with Crippen molar-refractivity contribution in [1.82, 2.24) is 0 Å².